The van der Waals surface area contributed by atoms with Gasteiger partial charge in [0, 0.05) is 31.4 Å². The van der Waals surface area contributed by atoms with Crippen molar-refractivity contribution in [3.05, 3.63) is 59.4 Å². The molecule has 2 N–H and O–H groups in total. The van der Waals surface area contributed by atoms with Crippen molar-refractivity contribution in [2.24, 2.45) is 4.99 Å². The number of aromatic nitrogens is 2. The van der Waals surface area contributed by atoms with Gasteiger partial charge in [0.1, 0.15) is 0 Å². The average Bonchev–Trinajstić information content (AvgIpc) is 3.17. The molecule has 3 aromatic rings. The summed E-state index contributed by atoms with van der Waals surface area (Å²) in [7, 11) is 1.79. The highest BCUT2D eigenvalue weighted by Crippen LogP contribution is 2.13. The van der Waals surface area contributed by atoms with Gasteiger partial charge in [-0.25, -0.2) is 4.98 Å². The van der Waals surface area contributed by atoms with Crippen LogP contribution in [0, 0.1) is 0 Å². The second kappa shape index (κ2) is 7.28. The highest BCUT2D eigenvalue weighted by molar-refractivity contribution is 7.15. The number of hydrogen-bond donors (Lipinski definition) is 2. The Morgan fingerprint density at radius 2 is 2.13 bits per heavy atom. The molecule has 0 saturated heterocycles. The summed E-state index contributed by atoms with van der Waals surface area (Å²) in [6.45, 7) is 3.70. The van der Waals surface area contributed by atoms with E-state index in [9.17, 15) is 0 Å². The van der Waals surface area contributed by atoms with Crippen molar-refractivity contribution in [1.82, 2.24) is 20.0 Å². The van der Waals surface area contributed by atoms with E-state index in [4.69, 9.17) is 0 Å². The quantitative estimate of drug-likeness (QED) is 0.560. The summed E-state index contributed by atoms with van der Waals surface area (Å²) < 4.78 is 2.04. The summed E-state index contributed by atoms with van der Waals surface area (Å²) in [5.41, 5.74) is 2.33. The molecule has 1 atom stereocenters. The van der Waals surface area contributed by atoms with Crippen LogP contribution in [0.15, 0.2) is 53.1 Å². The Morgan fingerprint density at radius 3 is 2.87 bits per heavy atom. The van der Waals surface area contributed by atoms with E-state index in [1.807, 2.05) is 28.2 Å². The fourth-order valence-electron chi connectivity index (χ4n) is 2.41. The fraction of sp³-hybridized carbons (Fsp3) is 0.294. The van der Waals surface area contributed by atoms with Crippen LogP contribution in [0.1, 0.15) is 24.1 Å². The van der Waals surface area contributed by atoms with Gasteiger partial charge < -0.3 is 10.6 Å². The monoisotopic (exact) mass is 327 g/mol. The first-order valence-corrected chi connectivity index (χ1v) is 8.55. The van der Waals surface area contributed by atoms with Gasteiger partial charge in [-0.2, -0.15) is 0 Å². The number of thiazole rings is 1. The highest BCUT2D eigenvalue weighted by atomic mass is 32.1. The summed E-state index contributed by atoms with van der Waals surface area (Å²) in [6.07, 6.45) is 4.06. The van der Waals surface area contributed by atoms with E-state index in [2.05, 4.69) is 51.8 Å². The maximum atomic E-state index is 4.56. The first-order valence-electron chi connectivity index (χ1n) is 7.67. The van der Waals surface area contributed by atoms with Gasteiger partial charge in [-0.1, -0.05) is 37.3 Å². The van der Waals surface area contributed by atoms with Gasteiger partial charge in [-0.15, -0.1) is 11.3 Å². The first kappa shape index (κ1) is 15.6. The van der Waals surface area contributed by atoms with Crippen molar-refractivity contribution in [2.45, 2.75) is 19.4 Å². The first-order chi connectivity index (χ1) is 11.3. The van der Waals surface area contributed by atoms with Gasteiger partial charge in [0.05, 0.1) is 12.2 Å². The third-order valence-corrected chi connectivity index (χ3v) is 4.52. The molecule has 0 bridgehead atoms. The number of fused-ring (bicyclic) bond motifs is 1. The lowest BCUT2D eigenvalue weighted by molar-refractivity contribution is 0.697. The van der Waals surface area contributed by atoms with Gasteiger partial charge in [-0.3, -0.25) is 9.39 Å². The molecule has 2 heterocycles. The second-order valence-corrected chi connectivity index (χ2v) is 6.32. The van der Waals surface area contributed by atoms with Gasteiger partial charge >= 0.3 is 0 Å². The molecule has 2 aromatic heterocycles. The number of nitrogens with zero attached hydrogens (tertiary/aromatic N) is 3. The van der Waals surface area contributed by atoms with Crippen molar-refractivity contribution in [1.29, 1.82) is 0 Å². The summed E-state index contributed by atoms with van der Waals surface area (Å²) in [5, 5.41) is 8.72. The van der Waals surface area contributed by atoms with Gasteiger partial charge in [0.25, 0.3) is 0 Å². The van der Waals surface area contributed by atoms with Crippen LogP contribution in [-0.2, 0) is 6.54 Å². The zero-order valence-electron chi connectivity index (χ0n) is 13.4. The Balaban J connectivity index is 1.51. The average molecular weight is 327 g/mol. The number of benzene rings is 1. The Labute approximate surface area is 140 Å². The van der Waals surface area contributed by atoms with Crippen molar-refractivity contribution in [3.8, 4) is 0 Å². The molecule has 0 fully saturated rings. The van der Waals surface area contributed by atoms with Crippen LogP contribution in [0.2, 0.25) is 0 Å². The van der Waals surface area contributed by atoms with Crippen LogP contribution in [0.25, 0.3) is 4.96 Å². The van der Waals surface area contributed by atoms with Crippen molar-refractivity contribution in [2.75, 3.05) is 13.6 Å². The molecule has 0 spiro atoms. The van der Waals surface area contributed by atoms with E-state index in [1.165, 1.54) is 5.56 Å². The molecule has 3 rings (SSSR count). The molecular weight excluding hydrogens is 306 g/mol. The molecule has 120 valence electrons. The van der Waals surface area contributed by atoms with Crippen LogP contribution in [0.5, 0.6) is 0 Å². The van der Waals surface area contributed by atoms with Crippen LogP contribution in [0.4, 0.5) is 0 Å². The number of rotatable bonds is 5. The van der Waals surface area contributed by atoms with Crippen molar-refractivity contribution < 1.29 is 0 Å². The van der Waals surface area contributed by atoms with Crippen LogP contribution < -0.4 is 10.6 Å². The molecule has 0 saturated carbocycles. The largest absolute Gasteiger partial charge is 0.356 e. The maximum Gasteiger partial charge on any atom is 0.193 e. The molecule has 0 aliphatic rings. The Morgan fingerprint density at radius 1 is 1.30 bits per heavy atom. The minimum atomic E-state index is 0.424. The summed E-state index contributed by atoms with van der Waals surface area (Å²) >= 11 is 1.64. The van der Waals surface area contributed by atoms with Crippen LogP contribution in [-0.4, -0.2) is 28.9 Å². The summed E-state index contributed by atoms with van der Waals surface area (Å²) in [5.74, 6) is 1.22. The molecule has 0 aliphatic heterocycles. The lowest BCUT2D eigenvalue weighted by Crippen LogP contribution is -2.38. The molecule has 5 nitrogen and oxygen atoms in total. The standard InChI is InChI=1S/C17H21N5S/c1-13(14-6-4-3-5-7-14)10-19-16(18-2)20-11-15-12-22-8-9-23-17(22)21-15/h3-9,12-13H,10-11H2,1-2H3,(H2,18,19,20). The van der Waals surface area contributed by atoms with E-state index < -0.39 is 0 Å². The van der Waals surface area contributed by atoms with Crippen molar-refractivity contribution in [3.63, 3.8) is 0 Å². The number of aliphatic imine (C=N–C) groups is 1. The van der Waals surface area contributed by atoms with E-state index in [0.717, 1.165) is 23.2 Å². The van der Waals surface area contributed by atoms with E-state index in [-0.39, 0.29) is 0 Å². The van der Waals surface area contributed by atoms with Gasteiger partial charge in [0.2, 0.25) is 0 Å². The minimum Gasteiger partial charge on any atom is -0.356 e. The third-order valence-electron chi connectivity index (χ3n) is 3.75. The molecule has 0 amide bonds. The minimum absolute atomic E-state index is 0.424. The smallest absolute Gasteiger partial charge is 0.193 e. The number of guanidine groups is 1. The predicted octanol–water partition coefficient (Wildman–Crippen LogP) is 2.86. The van der Waals surface area contributed by atoms with E-state index >= 15 is 0 Å². The van der Waals surface area contributed by atoms with Gasteiger partial charge in [0.15, 0.2) is 10.9 Å². The van der Waals surface area contributed by atoms with Crippen LogP contribution in [0.3, 0.4) is 0 Å². The molecule has 6 heteroatoms. The molecule has 1 unspecified atom stereocenters. The van der Waals surface area contributed by atoms with E-state index in [1.54, 1.807) is 18.4 Å². The summed E-state index contributed by atoms with van der Waals surface area (Å²) in [4.78, 5) is 9.85. The molecule has 23 heavy (non-hydrogen) atoms. The van der Waals surface area contributed by atoms with E-state index in [0.29, 0.717) is 12.5 Å². The molecule has 1 aromatic carbocycles. The zero-order chi connectivity index (χ0) is 16.1. The molecule has 0 aliphatic carbocycles. The Kier molecular flexibility index (Phi) is 4.92. The zero-order valence-corrected chi connectivity index (χ0v) is 14.2. The lowest BCUT2D eigenvalue weighted by atomic mass is 10.0. The number of imidazole rings is 1. The Bertz CT molecular complexity index is 746. The Hall–Kier alpha value is -2.34. The SMILES string of the molecule is CN=C(NCc1cn2ccsc2n1)NCC(C)c1ccccc1. The molecular formula is C17H21N5S. The predicted molar refractivity (Wildman–Crippen MR) is 96.1 cm³/mol. The number of hydrogen-bond acceptors (Lipinski definition) is 3. The number of nitrogens with one attached hydrogen (secondary N) is 2. The highest BCUT2D eigenvalue weighted by Gasteiger charge is 2.07. The van der Waals surface area contributed by atoms with Crippen LogP contribution >= 0.6 is 11.3 Å². The molecule has 0 radical (unpaired) electrons. The fourth-order valence-corrected chi connectivity index (χ4v) is 3.12. The second-order valence-electron chi connectivity index (χ2n) is 5.44. The topological polar surface area (TPSA) is 53.7 Å². The van der Waals surface area contributed by atoms with Crippen molar-refractivity contribution >= 4 is 22.3 Å². The third kappa shape index (κ3) is 3.90. The van der Waals surface area contributed by atoms with Gasteiger partial charge in [-0.05, 0) is 11.5 Å². The maximum absolute atomic E-state index is 4.56. The normalized spacial score (nSPS) is 13.2. The summed E-state index contributed by atoms with van der Waals surface area (Å²) in [6, 6.07) is 10.5. The lowest BCUT2D eigenvalue weighted by Gasteiger charge is -2.16.